The van der Waals surface area contributed by atoms with E-state index in [0.717, 1.165) is 16.5 Å². The lowest BCUT2D eigenvalue weighted by molar-refractivity contribution is -0.142. The van der Waals surface area contributed by atoms with Crippen molar-refractivity contribution in [3.8, 4) is 0 Å². The highest BCUT2D eigenvalue weighted by Gasteiger charge is 2.34. The Morgan fingerprint density at radius 3 is 1.92 bits per heavy atom. The third-order valence-electron chi connectivity index (χ3n) is 7.32. The van der Waals surface area contributed by atoms with Gasteiger partial charge in [-0.3, -0.25) is 14.4 Å². The fraction of sp³-hybridized carbons (Fsp3) is 0.571. The summed E-state index contributed by atoms with van der Waals surface area (Å²) in [4.78, 5) is 54.6. The summed E-state index contributed by atoms with van der Waals surface area (Å²) in [6.07, 6.45) is 2.99. The number of amides is 3. The van der Waals surface area contributed by atoms with Crippen molar-refractivity contribution in [3.63, 3.8) is 0 Å². The molecule has 0 aliphatic carbocycles. The topological polar surface area (TPSA) is 166 Å². The van der Waals surface area contributed by atoms with E-state index in [-0.39, 0.29) is 24.2 Å². The predicted octanol–water partition coefficient (Wildman–Crippen LogP) is 2.32. The molecule has 0 aliphatic rings. The molecular weight excluding hydrogens is 486 g/mol. The molecule has 10 heteroatoms. The van der Waals surface area contributed by atoms with E-state index in [0.29, 0.717) is 12.8 Å². The van der Waals surface area contributed by atoms with Crippen LogP contribution in [0.4, 0.5) is 0 Å². The molecule has 2 rings (SSSR count). The van der Waals surface area contributed by atoms with Crippen molar-refractivity contribution in [1.82, 2.24) is 20.9 Å². The number of aliphatic carboxylic acids is 1. The van der Waals surface area contributed by atoms with Crippen LogP contribution in [0.3, 0.4) is 0 Å². The highest BCUT2D eigenvalue weighted by Crippen LogP contribution is 2.20. The van der Waals surface area contributed by atoms with Gasteiger partial charge in [-0.25, -0.2) is 4.79 Å². The summed E-state index contributed by atoms with van der Waals surface area (Å²) in [6.45, 7) is 11.1. The van der Waals surface area contributed by atoms with Crippen molar-refractivity contribution < 1.29 is 24.3 Å². The van der Waals surface area contributed by atoms with Gasteiger partial charge in [-0.05, 0) is 29.4 Å². The van der Waals surface area contributed by atoms with Crippen molar-refractivity contribution in [2.75, 3.05) is 0 Å². The maximum atomic E-state index is 13.4. The zero-order valence-electron chi connectivity index (χ0n) is 23.2. The molecule has 0 radical (unpaired) electrons. The number of rotatable bonds is 14. The number of aromatic nitrogens is 1. The van der Waals surface area contributed by atoms with E-state index in [1.807, 2.05) is 65.8 Å². The third-order valence-corrected chi connectivity index (χ3v) is 7.32. The summed E-state index contributed by atoms with van der Waals surface area (Å²) in [7, 11) is 0. The molecule has 1 aromatic carbocycles. The number of carbonyl (C=O) groups is 4. The van der Waals surface area contributed by atoms with Crippen molar-refractivity contribution in [2.24, 2.45) is 23.5 Å². The molecule has 0 saturated carbocycles. The molecular formula is C28H43N5O5. The van der Waals surface area contributed by atoms with E-state index in [2.05, 4.69) is 20.9 Å². The lowest BCUT2D eigenvalue weighted by Gasteiger charge is -2.30. The normalized spacial score (nSPS) is 16.2. The summed E-state index contributed by atoms with van der Waals surface area (Å²) in [6, 6.07) is 3.68. The van der Waals surface area contributed by atoms with E-state index >= 15 is 0 Å². The zero-order chi connectivity index (χ0) is 28.6. The molecule has 1 heterocycles. The maximum Gasteiger partial charge on any atom is 0.326 e. The number of hydrogen-bond donors (Lipinski definition) is 6. The highest BCUT2D eigenvalue weighted by atomic mass is 16.4. The minimum absolute atomic E-state index is 0.0743. The van der Waals surface area contributed by atoms with Gasteiger partial charge in [0.25, 0.3) is 0 Å². The number of nitrogens with two attached hydrogens (primary N) is 1. The van der Waals surface area contributed by atoms with Gasteiger partial charge in [0.15, 0.2) is 0 Å². The largest absolute Gasteiger partial charge is 0.480 e. The number of nitrogens with one attached hydrogen (secondary N) is 4. The first-order chi connectivity index (χ1) is 17.9. The molecule has 6 atom stereocenters. The smallest absolute Gasteiger partial charge is 0.326 e. The summed E-state index contributed by atoms with van der Waals surface area (Å²) in [5.41, 5.74) is 7.61. The van der Waals surface area contributed by atoms with Crippen molar-refractivity contribution in [3.05, 3.63) is 36.0 Å². The Labute approximate surface area is 224 Å². The van der Waals surface area contributed by atoms with E-state index in [4.69, 9.17) is 5.73 Å². The number of hydrogen-bond acceptors (Lipinski definition) is 5. The molecule has 0 fully saturated rings. The van der Waals surface area contributed by atoms with Gasteiger partial charge in [-0.1, -0.05) is 72.6 Å². The van der Waals surface area contributed by atoms with E-state index in [1.54, 1.807) is 6.20 Å². The van der Waals surface area contributed by atoms with E-state index in [1.165, 1.54) is 0 Å². The van der Waals surface area contributed by atoms with Gasteiger partial charge >= 0.3 is 5.97 Å². The predicted molar refractivity (Wildman–Crippen MR) is 147 cm³/mol. The monoisotopic (exact) mass is 529 g/mol. The number of fused-ring (bicyclic) bond motifs is 1. The lowest BCUT2D eigenvalue weighted by atomic mass is 9.94. The van der Waals surface area contributed by atoms with Crippen LogP contribution in [0.25, 0.3) is 10.9 Å². The van der Waals surface area contributed by atoms with Gasteiger partial charge in [0, 0.05) is 23.5 Å². The molecule has 210 valence electrons. The van der Waals surface area contributed by atoms with Crippen LogP contribution in [0.1, 0.15) is 59.9 Å². The first kappa shape index (κ1) is 30.8. The summed E-state index contributed by atoms with van der Waals surface area (Å²) < 4.78 is 0. The fourth-order valence-corrected chi connectivity index (χ4v) is 4.18. The number of carbonyl (C=O) groups excluding carboxylic acids is 3. The zero-order valence-corrected chi connectivity index (χ0v) is 23.2. The van der Waals surface area contributed by atoms with Gasteiger partial charge in [0.2, 0.25) is 17.7 Å². The Kier molecular flexibility index (Phi) is 11.3. The summed E-state index contributed by atoms with van der Waals surface area (Å²) in [5, 5.41) is 18.9. The van der Waals surface area contributed by atoms with E-state index in [9.17, 15) is 24.3 Å². The maximum absolute atomic E-state index is 13.4. The highest BCUT2D eigenvalue weighted by molar-refractivity contribution is 5.94. The fourth-order valence-electron chi connectivity index (χ4n) is 4.18. The molecule has 1 aromatic heterocycles. The molecule has 0 spiro atoms. The van der Waals surface area contributed by atoms with Crippen LogP contribution in [0.2, 0.25) is 0 Å². The second kappa shape index (κ2) is 13.9. The van der Waals surface area contributed by atoms with Crippen LogP contribution in [-0.2, 0) is 25.6 Å². The van der Waals surface area contributed by atoms with Crippen LogP contribution in [0, 0.1) is 17.8 Å². The molecule has 0 saturated heterocycles. The van der Waals surface area contributed by atoms with Crippen LogP contribution < -0.4 is 21.7 Å². The molecule has 10 nitrogen and oxygen atoms in total. The van der Waals surface area contributed by atoms with Gasteiger partial charge in [0.05, 0.1) is 6.04 Å². The average Bonchev–Trinajstić information content (AvgIpc) is 3.30. The van der Waals surface area contributed by atoms with Crippen molar-refractivity contribution in [1.29, 1.82) is 0 Å². The SMILES string of the molecule is CCC(C)C(NC(=O)C(N)C(C)C)C(=O)NC(C(=O)NC(Cc1c[nH]c2ccccc12)C(=O)O)C(C)CC. The summed E-state index contributed by atoms with van der Waals surface area (Å²) >= 11 is 0. The first-order valence-electron chi connectivity index (χ1n) is 13.4. The standard InChI is InChI=1S/C28H43N5O5/c1-7-16(5)23(33-27(36)24(17(6)8-2)32-25(34)22(29)15(3)4)26(35)31-21(28(37)38)13-18-14-30-20-12-10-9-11-19(18)20/h9-12,14-17,21-24,30H,7-8,13,29H2,1-6H3,(H,31,35)(H,32,34)(H,33,36)(H,37,38). The molecule has 6 unspecified atom stereocenters. The van der Waals surface area contributed by atoms with Gasteiger partial charge < -0.3 is 31.8 Å². The van der Waals surface area contributed by atoms with Crippen LogP contribution >= 0.6 is 0 Å². The number of carboxylic acid groups (broad SMARTS) is 1. The quantitative estimate of drug-likeness (QED) is 0.220. The Morgan fingerprint density at radius 2 is 1.39 bits per heavy atom. The minimum atomic E-state index is -1.20. The van der Waals surface area contributed by atoms with Crippen molar-refractivity contribution in [2.45, 2.75) is 85.0 Å². The lowest BCUT2D eigenvalue weighted by Crippen LogP contribution is -2.60. The molecule has 0 aliphatic heterocycles. The Balaban J connectivity index is 2.22. The molecule has 7 N–H and O–H groups in total. The minimum Gasteiger partial charge on any atom is -0.480 e. The number of H-pyrrole nitrogens is 1. The van der Waals surface area contributed by atoms with Gasteiger partial charge in [0.1, 0.15) is 18.1 Å². The Bertz CT molecular complexity index is 1110. The van der Waals surface area contributed by atoms with E-state index < -0.39 is 47.9 Å². The van der Waals surface area contributed by atoms with Crippen LogP contribution in [-0.4, -0.2) is 57.9 Å². The number of benzene rings is 1. The second-order valence-electron chi connectivity index (χ2n) is 10.5. The number of aromatic amines is 1. The van der Waals surface area contributed by atoms with Crippen LogP contribution in [0.15, 0.2) is 30.5 Å². The Hall–Kier alpha value is -3.40. The summed E-state index contributed by atoms with van der Waals surface area (Å²) in [5.74, 6) is -3.32. The molecule has 38 heavy (non-hydrogen) atoms. The van der Waals surface area contributed by atoms with Crippen LogP contribution in [0.5, 0.6) is 0 Å². The number of carboxylic acids is 1. The van der Waals surface area contributed by atoms with Crippen molar-refractivity contribution >= 4 is 34.6 Å². The molecule has 0 bridgehead atoms. The second-order valence-corrected chi connectivity index (χ2v) is 10.5. The Morgan fingerprint density at radius 1 is 0.868 bits per heavy atom. The molecule has 2 aromatic rings. The molecule has 3 amide bonds. The van der Waals surface area contributed by atoms with Gasteiger partial charge in [-0.2, -0.15) is 0 Å². The average molecular weight is 530 g/mol. The first-order valence-corrected chi connectivity index (χ1v) is 13.4. The van der Waals surface area contributed by atoms with Gasteiger partial charge in [-0.15, -0.1) is 0 Å². The third kappa shape index (κ3) is 7.80. The number of para-hydroxylation sites is 1.